The molecule has 0 bridgehead atoms. The van der Waals surface area contributed by atoms with Gasteiger partial charge < -0.3 is 5.73 Å². The third-order valence-electron chi connectivity index (χ3n) is 2.88. The molecule has 1 atom stereocenters. The first-order valence-electron chi connectivity index (χ1n) is 5.90. The molecule has 0 aliphatic carbocycles. The molecule has 0 spiro atoms. The third kappa shape index (κ3) is 3.33. The second-order valence-corrected chi connectivity index (χ2v) is 4.38. The molecule has 0 aliphatic rings. The topological polar surface area (TPSA) is 38.9 Å². The van der Waals surface area contributed by atoms with Gasteiger partial charge in [-0.3, -0.25) is 4.98 Å². The number of pyridine rings is 1. The average molecular weight is 284 g/mol. The van der Waals surface area contributed by atoms with Crippen molar-refractivity contribution in [2.45, 2.75) is 18.6 Å². The predicted molar refractivity (Wildman–Crippen MR) is 66.3 cm³/mol. The molecule has 2 N–H and O–H groups in total. The maximum Gasteiger partial charge on any atom is 0.416 e. The van der Waals surface area contributed by atoms with Crippen molar-refractivity contribution in [2.75, 3.05) is 0 Å². The van der Waals surface area contributed by atoms with E-state index >= 15 is 0 Å². The summed E-state index contributed by atoms with van der Waals surface area (Å²) < 4.78 is 50.7. The standard InChI is InChI=1S/C14H12F4N2/c15-11-2-1-7-20-13(11)12(19)8-9-3-5-10(6-4-9)14(16,17)18/h1-7,12H,8,19H2. The van der Waals surface area contributed by atoms with Crippen molar-refractivity contribution in [1.82, 2.24) is 4.98 Å². The van der Waals surface area contributed by atoms with Crippen LogP contribution in [-0.2, 0) is 12.6 Å². The normalized spacial score (nSPS) is 13.2. The lowest BCUT2D eigenvalue weighted by Crippen LogP contribution is -2.16. The van der Waals surface area contributed by atoms with Crippen molar-refractivity contribution in [2.24, 2.45) is 5.73 Å². The van der Waals surface area contributed by atoms with E-state index in [2.05, 4.69) is 4.98 Å². The quantitative estimate of drug-likeness (QED) is 0.876. The van der Waals surface area contributed by atoms with Crippen molar-refractivity contribution in [3.05, 3.63) is 65.2 Å². The maximum atomic E-state index is 13.5. The number of benzene rings is 1. The molecule has 0 fully saturated rings. The fourth-order valence-corrected chi connectivity index (χ4v) is 1.85. The summed E-state index contributed by atoms with van der Waals surface area (Å²) in [5.41, 5.74) is 5.80. The van der Waals surface area contributed by atoms with E-state index < -0.39 is 23.6 Å². The van der Waals surface area contributed by atoms with Crippen LogP contribution in [-0.4, -0.2) is 4.98 Å². The molecule has 0 aliphatic heterocycles. The van der Waals surface area contributed by atoms with Crippen LogP contribution in [0.4, 0.5) is 17.6 Å². The summed E-state index contributed by atoms with van der Waals surface area (Å²) in [5, 5.41) is 0. The fourth-order valence-electron chi connectivity index (χ4n) is 1.85. The van der Waals surface area contributed by atoms with Crippen LogP contribution in [0.3, 0.4) is 0 Å². The number of hydrogen-bond donors (Lipinski definition) is 1. The molecule has 20 heavy (non-hydrogen) atoms. The highest BCUT2D eigenvalue weighted by molar-refractivity contribution is 5.26. The molecule has 2 aromatic rings. The molecule has 2 rings (SSSR count). The molecule has 1 aromatic heterocycles. The molecule has 1 unspecified atom stereocenters. The lowest BCUT2D eigenvalue weighted by Gasteiger charge is -2.13. The molecule has 6 heteroatoms. The lowest BCUT2D eigenvalue weighted by atomic mass is 10.0. The van der Waals surface area contributed by atoms with E-state index in [0.717, 1.165) is 12.1 Å². The van der Waals surface area contributed by atoms with Crippen LogP contribution < -0.4 is 5.73 Å². The van der Waals surface area contributed by atoms with Gasteiger partial charge in [0, 0.05) is 6.20 Å². The van der Waals surface area contributed by atoms with Crippen molar-refractivity contribution >= 4 is 0 Å². The highest BCUT2D eigenvalue weighted by Gasteiger charge is 2.30. The number of aromatic nitrogens is 1. The Morgan fingerprint density at radius 3 is 2.30 bits per heavy atom. The van der Waals surface area contributed by atoms with Crippen LogP contribution in [0.5, 0.6) is 0 Å². The highest BCUT2D eigenvalue weighted by atomic mass is 19.4. The Hall–Kier alpha value is -1.95. The SMILES string of the molecule is NC(Cc1ccc(C(F)(F)F)cc1)c1ncccc1F. The molecule has 0 saturated heterocycles. The summed E-state index contributed by atoms with van der Waals surface area (Å²) in [6.45, 7) is 0. The van der Waals surface area contributed by atoms with E-state index in [0.29, 0.717) is 5.56 Å². The molecule has 1 aromatic carbocycles. The number of rotatable bonds is 3. The van der Waals surface area contributed by atoms with Gasteiger partial charge in [0.2, 0.25) is 0 Å². The zero-order valence-electron chi connectivity index (χ0n) is 10.4. The number of nitrogens with zero attached hydrogens (tertiary/aromatic N) is 1. The molecular formula is C14H12F4N2. The first-order valence-corrected chi connectivity index (χ1v) is 5.90. The Bertz CT molecular complexity index is 578. The summed E-state index contributed by atoms with van der Waals surface area (Å²) in [5.74, 6) is -0.521. The van der Waals surface area contributed by atoms with Crippen LogP contribution in [0.25, 0.3) is 0 Å². The van der Waals surface area contributed by atoms with Gasteiger partial charge in [0.05, 0.1) is 17.3 Å². The zero-order chi connectivity index (χ0) is 14.8. The molecule has 2 nitrogen and oxygen atoms in total. The van der Waals surface area contributed by atoms with Gasteiger partial charge in [-0.25, -0.2) is 4.39 Å². The molecule has 106 valence electrons. The fraction of sp³-hybridized carbons (Fsp3) is 0.214. The van der Waals surface area contributed by atoms with Gasteiger partial charge in [-0.2, -0.15) is 13.2 Å². The van der Waals surface area contributed by atoms with Crippen molar-refractivity contribution < 1.29 is 17.6 Å². The summed E-state index contributed by atoms with van der Waals surface area (Å²) in [6, 6.07) is 6.63. The van der Waals surface area contributed by atoms with Gasteiger partial charge in [-0.15, -0.1) is 0 Å². The van der Waals surface area contributed by atoms with Crippen LogP contribution >= 0.6 is 0 Å². The van der Waals surface area contributed by atoms with Crippen LogP contribution in [0.2, 0.25) is 0 Å². The highest BCUT2D eigenvalue weighted by Crippen LogP contribution is 2.29. The number of hydrogen-bond acceptors (Lipinski definition) is 2. The summed E-state index contributed by atoms with van der Waals surface area (Å²) in [7, 11) is 0. The monoisotopic (exact) mass is 284 g/mol. The first kappa shape index (κ1) is 14.5. The molecule has 0 amide bonds. The van der Waals surface area contributed by atoms with Gasteiger partial charge in [0.1, 0.15) is 5.82 Å². The number of nitrogens with two attached hydrogens (primary N) is 1. The van der Waals surface area contributed by atoms with Gasteiger partial charge in [-0.1, -0.05) is 12.1 Å². The second kappa shape index (κ2) is 5.58. The third-order valence-corrected chi connectivity index (χ3v) is 2.88. The van der Waals surface area contributed by atoms with Gasteiger partial charge in [-0.05, 0) is 36.2 Å². The van der Waals surface area contributed by atoms with Crippen molar-refractivity contribution in [3.8, 4) is 0 Å². The predicted octanol–water partition coefficient (Wildman–Crippen LogP) is 3.48. The smallest absolute Gasteiger partial charge is 0.322 e. The number of alkyl halides is 3. The minimum absolute atomic E-state index is 0.104. The summed E-state index contributed by atoms with van der Waals surface area (Å²) in [6.07, 6.45) is -2.73. The van der Waals surface area contributed by atoms with Crippen LogP contribution in [0.15, 0.2) is 42.6 Å². The van der Waals surface area contributed by atoms with E-state index in [1.54, 1.807) is 0 Å². The molecular weight excluding hydrogens is 272 g/mol. The van der Waals surface area contributed by atoms with Crippen molar-refractivity contribution in [3.63, 3.8) is 0 Å². The van der Waals surface area contributed by atoms with Gasteiger partial charge in [0.15, 0.2) is 0 Å². The Balaban J connectivity index is 2.13. The maximum absolute atomic E-state index is 13.5. The lowest BCUT2D eigenvalue weighted by molar-refractivity contribution is -0.137. The minimum atomic E-state index is -4.37. The molecule has 0 saturated carbocycles. The van der Waals surface area contributed by atoms with Crippen LogP contribution in [0.1, 0.15) is 22.9 Å². The van der Waals surface area contributed by atoms with Crippen molar-refractivity contribution in [1.29, 1.82) is 0 Å². The Labute approximate surface area is 113 Å². The summed E-state index contributed by atoms with van der Waals surface area (Å²) in [4.78, 5) is 3.85. The number of halogens is 4. The van der Waals surface area contributed by atoms with Gasteiger partial charge in [0.25, 0.3) is 0 Å². The van der Waals surface area contributed by atoms with E-state index in [4.69, 9.17) is 5.73 Å². The Morgan fingerprint density at radius 1 is 1.10 bits per heavy atom. The van der Waals surface area contributed by atoms with E-state index in [9.17, 15) is 17.6 Å². The van der Waals surface area contributed by atoms with E-state index in [1.165, 1.54) is 30.5 Å². The first-order chi connectivity index (χ1) is 9.38. The minimum Gasteiger partial charge on any atom is -0.322 e. The zero-order valence-corrected chi connectivity index (χ0v) is 10.4. The average Bonchev–Trinajstić information content (AvgIpc) is 2.38. The Kier molecular flexibility index (Phi) is 4.04. The summed E-state index contributed by atoms with van der Waals surface area (Å²) >= 11 is 0. The second-order valence-electron chi connectivity index (χ2n) is 4.38. The van der Waals surface area contributed by atoms with Crippen LogP contribution in [0, 0.1) is 5.82 Å². The largest absolute Gasteiger partial charge is 0.416 e. The molecule has 1 heterocycles. The Morgan fingerprint density at radius 2 is 1.75 bits per heavy atom. The van der Waals surface area contributed by atoms with Gasteiger partial charge >= 0.3 is 6.18 Å². The van der Waals surface area contributed by atoms with E-state index in [-0.39, 0.29) is 12.1 Å². The van der Waals surface area contributed by atoms with E-state index in [1.807, 2.05) is 0 Å². The molecule has 0 radical (unpaired) electrons.